The Morgan fingerprint density at radius 2 is 2.00 bits per heavy atom. The summed E-state index contributed by atoms with van der Waals surface area (Å²) in [6, 6.07) is 1.04. The van der Waals surface area contributed by atoms with Crippen LogP contribution in [0.15, 0.2) is 18.2 Å². The largest absolute Gasteiger partial charge is 0.451 e. The van der Waals surface area contributed by atoms with Gasteiger partial charge in [0.05, 0.1) is 36.4 Å². The van der Waals surface area contributed by atoms with Crippen LogP contribution < -0.4 is 16.0 Å². The van der Waals surface area contributed by atoms with Gasteiger partial charge in [0.25, 0.3) is 0 Å². The van der Waals surface area contributed by atoms with E-state index in [9.17, 15) is 33.3 Å². The number of ether oxygens (including phenoxy) is 1. The van der Waals surface area contributed by atoms with Gasteiger partial charge in [0, 0.05) is 0 Å². The monoisotopic (exact) mass is 458 g/mol. The van der Waals surface area contributed by atoms with Crippen LogP contribution in [0.25, 0.3) is 0 Å². The van der Waals surface area contributed by atoms with Crippen molar-refractivity contribution >= 4 is 17.9 Å². The summed E-state index contributed by atoms with van der Waals surface area (Å²) in [7, 11) is 0. The average molecular weight is 458 g/mol. The van der Waals surface area contributed by atoms with E-state index in [4.69, 9.17) is 15.6 Å². The molecular formula is C18H21F3N6O5. The molecule has 0 saturated carbocycles. The zero-order chi connectivity index (χ0) is 23.6. The minimum Gasteiger partial charge on any atom is -0.451 e. The second-order valence-electron chi connectivity index (χ2n) is 7.95. The molecule has 0 bridgehead atoms. The summed E-state index contributed by atoms with van der Waals surface area (Å²) in [5, 5.41) is 55.6. The third kappa shape index (κ3) is 2.97. The van der Waals surface area contributed by atoms with Crippen molar-refractivity contribution < 1.29 is 38.0 Å². The molecule has 0 aromatic heterocycles. The number of nitrogens with one attached hydrogen (secondary N) is 5. The zero-order valence-electron chi connectivity index (χ0n) is 16.6. The highest BCUT2D eigenvalue weighted by Crippen LogP contribution is 2.44. The maximum atomic E-state index is 13.4. The van der Waals surface area contributed by atoms with Gasteiger partial charge in [-0.2, -0.15) is 13.2 Å². The van der Waals surface area contributed by atoms with Crippen molar-refractivity contribution in [3.8, 4) is 0 Å². The number of aryl methyl sites for hydroxylation is 1. The Bertz CT molecular complexity index is 1000. The number of aliphatic hydroxyl groups is 3. The number of esters is 1. The summed E-state index contributed by atoms with van der Waals surface area (Å²) in [5.41, 5.74) is -3.76. The van der Waals surface area contributed by atoms with Crippen molar-refractivity contribution in [1.29, 1.82) is 10.8 Å². The second-order valence-corrected chi connectivity index (χ2v) is 7.95. The van der Waals surface area contributed by atoms with Crippen LogP contribution in [-0.2, 0) is 10.9 Å². The first kappa shape index (κ1) is 22.1. The van der Waals surface area contributed by atoms with Gasteiger partial charge >= 0.3 is 12.1 Å². The third-order valence-corrected chi connectivity index (χ3v) is 5.99. The maximum absolute atomic E-state index is 13.4. The van der Waals surface area contributed by atoms with Gasteiger partial charge in [0.1, 0.15) is 0 Å². The lowest BCUT2D eigenvalue weighted by Crippen LogP contribution is -2.80. The molecule has 1 aromatic rings. The van der Waals surface area contributed by atoms with Gasteiger partial charge in [-0.05, 0) is 19.1 Å². The summed E-state index contributed by atoms with van der Waals surface area (Å²) >= 11 is 0. The topological polar surface area (TPSA) is 174 Å². The molecule has 3 aliphatic heterocycles. The van der Waals surface area contributed by atoms with Crippen LogP contribution in [0, 0.1) is 17.7 Å². The van der Waals surface area contributed by atoms with Crippen molar-refractivity contribution in [3.63, 3.8) is 0 Å². The van der Waals surface area contributed by atoms with Gasteiger partial charge in [0.15, 0.2) is 23.7 Å². The van der Waals surface area contributed by atoms with E-state index in [1.54, 1.807) is 0 Å². The summed E-state index contributed by atoms with van der Waals surface area (Å²) in [6.07, 6.45) is -6.64. The number of nitrogens with zero attached hydrogens (tertiary/aromatic N) is 1. The number of aliphatic hydroxyl groups excluding tert-OH is 1. The lowest BCUT2D eigenvalue weighted by atomic mass is 9.85. The van der Waals surface area contributed by atoms with Crippen LogP contribution in [0.1, 0.15) is 21.5 Å². The minimum atomic E-state index is -4.85. The van der Waals surface area contributed by atoms with Crippen LogP contribution >= 0.6 is 0 Å². The first-order chi connectivity index (χ1) is 14.8. The normalized spacial score (nSPS) is 30.7. The molecule has 0 radical (unpaired) electrons. The number of benzene rings is 1. The summed E-state index contributed by atoms with van der Waals surface area (Å²) in [4.78, 5) is 13.8. The predicted molar refractivity (Wildman–Crippen MR) is 102 cm³/mol. The summed E-state index contributed by atoms with van der Waals surface area (Å²) in [5.74, 6) is -5.08. The number of guanidine groups is 2. The Hall–Kier alpha value is -3.10. The van der Waals surface area contributed by atoms with Gasteiger partial charge in [0.2, 0.25) is 5.79 Å². The molecule has 14 heteroatoms. The number of hydrogen-bond acceptors (Lipinski definition) is 7. The number of alkyl halides is 3. The van der Waals surface area contributed by atoms with Crippen LogP contribution in [0.3, 0.4) is 0 Å². The number of halogens is 3. The van der Waals surface area contributed by atoms with Crippen molar-refractivity contribution in [3.05, 3.63) is 34.9 Å². The Labute approximate surface area is 179 Å². The molecule has 1 spiro atoms. The predicted octanol–water partition coefficient (Wildman–Crippen LogP) is -1.37. The standard InChI is InChI=1S/C18H21F3N6O5/c1-7-2-3-8(9(4-7)18(19,20)21)13(29)32-11-5-27-15(23)24-10(6-28)12-16(27,17(11,30)31)26-14(22)25-12/h2-4,10-12,28,30-31H,5-6H2,1H3,(H2,23,24)(H3,22,25,26)/t10-,11-,12-,16-/m0/s1. The van der Waals surface area contributed by atoms with Crippen molar-refractivity contribution in [1.82, 2.24) is 20.9 Å². The Balaban J connectivity index is 1.70. The fourth-order valence-corrected chi connectivity index (χ4v) is 4.53. The zero-order valence-corrected chi connectivity index (χ0v) is 16.6. The molecule has 32 heavy (non-hydrogen) atoms. The van der Waals surface area contributed by atoms with Gasteiger partial charge in [-0.15, -0.1) is 0 Å². The van der Waals surface area contributed by atoms with Gasteiger partial charge in [-0.1, -0.05) is 11.6 Å². The highest BCUT2D eigenvalue weighted by molar-refractivity contribution is 5.92. The summed E-state index contributed by atoms with van der Waals surface area (Å²) in [6.45, 7) is 0.410. The molecular weight excluding hydrogens is 437 g/mol. The summed E-state index contributed by atoms with van der Waals surface area (Å²) < 4.78 is 45.4. The smallest absolute Gasteiger partial charge is 0.417 e. The molecule has 0 aliphatic carbocycles. The Morgan fingerprint density at radius 3 is 2.62 bits per heavy atom. The number of carbonyl (C=O) groups is 1. The van der Waals surface area contributed by atoms with E-state index in [1.807, 2.05) is 0 Å². The van der Waals surface area contributed by atoms with Crippen molar-refractivity contribution in [2.45, 2.75) is 42.7 Å². The van der Waals surface area contributed by atoms with Crippen molar-refractivity contribution in [2.75, 3.05) is 13.2 Å². The fourth-order valence-electron chi connectivity index (χ4n) is 4.53. The van der Waals surface area contributed by atoms with Crippen LogP contribution in [0.5, 0.6) is 0 Å². The van der Waals surface area contributed by atoms with Crippen molar-refractivity contribution in [2.24, 2.45) is 0 Å². The number of carbonyl (C=O) groups excluding carboxylic acids is 1. The fraction of sp³-hybridized carbons (Fsp3) is 0.500. The van der Waals surface area contributed by atoms with E-state index >= 15 is 0 Å². The SMILES string of the molecule is Cc1ccc(C(=O)O[C@H]2CN3C(=N)N[C@@H](CO)[C@@H]4NC(=N)N[C@@]43C2(O)O)c(C(F)(F)F)c1. The Morgan fingerprint density at radius 1 is 1.31 bits per heavy atom. The molecule has 3 heterocycles. The molecule has 11 nitrogen and oxygen atoms in total. The van der Waals surface area contributed by atoms with Gasteiger partial charge in [-0.3, -0.25) is 10.8 Å². The number of rotatable bonds is 3. The molecule has 3 aliphatic rings. The molecule has 0 unspecified atom stereocenters. The molecule has 4 rings (SSSR count). The lowest BCUT2D eigenvalue weighted by Gasteiger charge is -2.50. The molecule has 174 valence electrons. The number of hydrogen-bond donors (Lipinski definition) is 8. The lowest BCUT2D eigenvalue weighted by molar-refractivity contribution is -0.258. The van der Waals surface area contributed by atoms with Gasteiger partial charge < -0.3 is 40.9 Å². The first-order valence-corrected chi connectivity index (χ1v) is 9.53. The molecule has 3 saturated heterocycles. The van der Waals surface area contributed by atoms with Crippen LogP contribution in [0.4, 0.5) is 13.2 Å². The molecule has 0 amide bonds. The first-order valence-electron chi connectivity index (χ1n) is 9.53. The van der Waals surface area contributed by atoms with E-state index in [-0.39, 0.29) is 17.5 Å². The molecule has 3 fully saturated rings. The van der Waals surface area contributed by atoms with Crippen LogP contribution in [-0.4, -0.2) is 80.9 Å². The maximum Gasteiger partial charge on any atom is 0.417 e. The quantitative estimate of drug-likeness (QED) is 0.201. The third-order valence-electron chi connectivity index (χ3n) is 5.99. The molecule has 4 atom stereocenters. The van der Waals surface area contributed by atoms with Gasteiger partial charge in [-0.25, -0.2) is 4.79 Å². The van der Waals surface area contributed by atoms with E-state index < -0.39 is 66.1 Å². The molecule has 1 aromatic carbocycles. The van der Waals surface area contributed by atoms with Crippen LogP contribution in [0.2, 0.25) is 0 Å². The highest BCUT2D eigenvalue weighted by atomic mass is 19.4. The average Bonchev–Trinajstić information content (AvgIpc) is 3.16. The highest BCUT2D eigenvalue weighted by Gasteiger charge is 2.75. The van der Waals surface area contributed by atoms with E-state index in [1.165, 1.54) is 13.0 Å². The van der Waals surface area contributed by atoms with E-state index in [2.05, 4.69) is 16.0 Å². The molecule has 8 N–H and O–H groups in total. The van der Waals surface area contributed by atoms with E-state index in [0.717, 1.165) is 17.0 Å². The minimum absolute atomic E-state index is 0.265. The second kappa shape index (κ2) is 6.95. The van der Waals surface area contributed by atoms with E-state index in [0.29, 0.717) is 0 Å². The Kier molecular flexibility index (Phi) is 4.80.